The molecule has 13 nitrogen and oxygen atoms in total. The lowest BCUT2D eigenvalue weighted by molar-refractivity contribution is -0.117. The van der Waals surface area contributed by atoms with Crippen LogP contribution in [-0.2, 0) is 11.2 Å². The molecule has 2 N–H and O–H groups in total. The summed E-state index contributed by atoms with van der Waals surface area (Å²) in [6, 6.07) is 14.5. The van der Waals surface area contributed by atoms with Gasteiger partial charge in [-0.15, -0.1) is 0 Å². The highest BCUT2D eigenvalue weighted by molar-refractivity contribution is 7.19. The van der Waals surface area contributed by atoms with Crippen molar-refractivity contribution in [3.8, 4) is 39.4 Å². The van der Waals surface area contributed by atoms with Crippen LogP contribution in [0.5, 0.6) is 23.3 Å². The van der Waals surface area contributed by atoms with E-state index in [1.807, 2.05) is 48.5 Å². The van der Waals surface area contributed by atoms with Crippen LogP contribution in [0.1, 0.15) is 32.4 Å². The summed E-state index contributed by atoms with van der Waals surface area (Å²) >= 11 is 1.48. The molecule has 0 radical (unpaired) electrons. The molecule has 2 aliphatic heterocycles. The quantitative estimate of drug-likeness (QED) is 0.191. The summed E-state index contributed by atoms with van der Waals surface area (Å²) in [7, 11) is 0. The van der Waals surface area contributed by atoms with E-state index in [1.54, 1.807) is 15.8 Å². The van der Waals surface area contributed by atoms with Crippen molar-refractivity contribution in [1.29, 1.82) is 0 Å². The molecule has 0 aliphatic carbocycles. The van der Waals surface area contributed by atoms with Gasteiger partial charge in [0, 0.05) is 31.3 Å². The average molecular weight is 639 g/mol. The van der Waals surface area contributed by atoms with Gasteiger partial charge in [0.1, 0.15) is 11.6 Å². The van der Waals surface area contributed by atoms with Crippen molar-refractivity contribution in [2.45, 2.75) is 33.1 Å². The van der Waals surface area contributed by atoms with E-state index in [2.05, 4.69) is 39.4 Å². The summed E-state index contributed by atoms with van der Waals surface area (Å²) in [6.45, 7) is 5.10. The van der Waals surface area contributed by atoms with Crippen LogP contribution in [0.4, 0.5) is 21.4 Å². The Kier molecular flexibility index (Phi) is 7.93. The van der Waals surface area contributed by atoms with Gasteiger partial charge in [0.05, 0.1) is 34.3 Å². The van der Waals surface area contributed by atoms with Gasteiger partial charge in [-0.05, 0) is 60.7 Å². The molecule has 46 heavy (non-hydrogen) atoms. The van der Waals surface area contributed by atoms with Crippen molar-refractivity contribution >= 4 is 39.9 Å². The summed E-state index contributed by atoms with van der Waals surface area (Å²) in [5, 5.41) is 11.1. The lowest BCUT2D eigenvalue weighted by Gasteiger charge is -2.11. The SMILES string of the molecule is CC(C)Cc1cc(NC(=O)Nc2cnc(Oc3ccc(-c4cnc(N5CCCC5=O)s4)cc3)nc2)n(-c2ccc3c(c2)OCO3)n1. The van der Waals surface area contributed by atoms with Gasteiger partial charge in [0.2, 0.25) is 12.7 Å². The minimum Gasteiger partial charge on any atom is -0.454 e. The predicted octanol–water partition coefficient (Wildman–Crippen LogP) is 6.28. The number of benzene rings is 2. The zero-order valence-electron chi connectivity index (χ0n) is 25.1. The molecule has 7 rings (SSSR count). The molecule has 2 aromatic carbocycles. The van der Waals surface area contributed by atoms with Crippen LogP contribution in [0.2, 0.25) is 0 Å². The fraction of sp³-hybridized carbons (Fsp3) is 0.250. The molecule has 2 aliphatic rings. The Morgan fingerprint density at radius 1 is 1.00 bits per heavy atom. The smallest absolute Gasteiger partial charge is 0.324 e. The second kappa shape index (κ2) is 12.5. The van der Waals surface area contributed by atoms with Crippen LogP contribution in [0.25, 0.3) is 16.1 Å². The third kappa shape index (κ3) is 6.33. The largest absolute Gasteiger partial charge is 0.454 e. The molecule has 5 aromatic rings. The Morgan fingerprint density at radius 2 is 1.80 bits per heavy atom. The molecule has 3 aromatic heterocycles. The van der Waals surface area contributed by atoms with Crippen molar-refractivity contribution in [3.05, 3.63) is 72.8 Å². The number of ether oxygens (including phenoxy) is 3. The maximum absolute atomic E-state index is 13.0. The zero-order valence-corrected chi connectivity index (χ0v) is 25.9. The maximum atomic E-state index is 13.0. The van der Waals surface area contributed by atoms with Gasteiger partial charge in [-0.2, -0.15) is 5.10 Å². The Balaban J connectivity index is 0.982. The van der Waals surface area contributed by atoms with Gasteiger partial charge < -0.3 is 19.5 Å². The molecule has 0 spiro atoms. The van der Waals surface area contributed by atoms with E-state index in [4.69, 9.17) is 19.3 Å². The number of carbonyl (C=O) groups is 2. The van der Waals surface area contributed by atoms with Crippen LogP contribution in [-0.4, -0.2) is 50.0 Å². The van der Waals surface area contributed by atoms with Crippen molar-refractivity contribution in [2.24, 2.45) is 5.92 Å². The molecular weight excluding hydrogens is 608 g/mol. The molecule has 5 heterocycles. The normalized spacial score (nSPS) is 13.8. The molecular formula is C32H30N8O5S. The number of fused-ring (bicyclic) bond motifs is 1. The maximum Gasteiger partial charge on any atom is 0.324 e. The van der Waals surface area contributed by atoms with Gasteiger partial charge in [0.25, 0.3) is 0 Å². The topological polar surface area (TPSA) is 146 Å². The number of hydrogen-bond donors (Lipinski definition) is 2. The number of nitrogens with zero attached hydrogens (tertiary/aromatic N) is 6. The van der Waals surface area contributed by atoms with Crippen LogP contribution < -0.4 is 29.7 Å². The van der Waals surface area contributed by atoms with Gasteiger partial charge >= 0.3 is 12.0 Å². The predicted molar refractivity (Wildman–Crippen MR) is 172 cm³/mol. The highest BCUT2D eigenvalue weighted by Gasteiger charge is 2.24. The van der Waals surface area contributed by atoms with E-state index in [9.17, 15) is 9.59 Å². The van der Waals surface area contributed by atoms with Gasteiger partial charge in [-0.1, -0.05) is 25.2 Å². The summed E-state index contributed by atoms with van der Waals surface area (Å²) in [5.41, 5.74) is 2.92. The minimum atomic E-state index is -0.480. The number of aromatic nitrogens is 5. The van der Waals surface area contributed by atoms with Crippen molar-refractivity contribution < 1.29 is 23.8 Å². The van der Waals surface area contributed by atoms with Crippen molar-refractivity contribution in [3.63, 3.8) is 0 Å². The lowest BCUT2D eigenvalue weighted by Crippen LogP contribution is -2.23. The third-order valence-electron chi connectivity index (χ3n) is 7.25. The molecule has 1 fully saturated rings. The third-order valence-corrected chi connectivity index (χ3v) is 8.32. The number of thiazole rings is 1. The number of nitrogens with one attached hydrogen (secondary N) is 2. The summed E-state index contributed by atoms with van der Waals surface area (Å²) < 4.78 is 18.4. The molecule has 0 saturated carbocycles. The minimum absolute atomic E-state index is 0.118. The van der Waals surface area contributed by atoms with E-state index < -0.39 is 6.03 Å². The zero-order chi connectivity index (χ0) is 31.6. The van der Waals surface area contributed by atoms with E-state index in [1.165, 1.54) is 23.7 Å². The Bertz CT molecular complexity index is 1890. The fourth-order valence-electron chi connectivity index (χ4n) is 5.13. The monoisotopic (exact) mass is 638 g/mol. The standard InChI is InChI=1S/C32H30N8O5S/c1-19(2)12-21-13-28(40(38-21)23-7-10-25-26(14-23)44-18-43-25)37-30(42)36-22-15-33-31(34-16-22)45-24-8-5-20(6-9-24)27-17-35-32(46-27)39-11-3-4-29(39)41/h5-10,13-17,19H,3-4,11-12,18H2,1-2H3,(H2,36,37,42). The summed E-state index contributed by atoms with van der Waals surface area (Å²) in [5.74, 6) is 2.83. The summed E-state index contributed by atoms with van der Waals surface area (Å²) in [6.07, 6.45) is 6.90. The van der Waals surface area contributed by atoms with Gasteiger partial charge in [-0.25, -0.2) is 24.4 Å². The highest BCUT2D eigenvalue weighted by atomic mass is 32.1. The number of urea groups is 1. The van der Waals surface area contributed by atoms with Crippen molar-refractivity contribution in [1.82, 2.24) is 24.7 Å². The molecule has 3 amide bonds. The highest BCUT2D eigenvalue weighted by Crippen LogP contribution is 2.35. The summed E-state index contributed by atoms with van der Waals surface area (Å²) in [4.78, 5) is 40.6. The van der Waals surface area contributed by atoms with E-state index >= 15 is 0 Å². The van der Waals surface area contributed by atoms with E-state index in [0.29, 0.717) is 47.6 Å². The number of carbonyl (C=O) groups excluding carboxylic acids is 2. The van der Waals surface area contributed by atoms with Crippen LogP contribution >= 0.6 is 11.3 Å². The lowest BCUT2D eigenvalue weighted by atomic mass is 10.1. The van der Waals surface area contributed by atoms with Gasteiger partial charge in [-0.3, -0.25) is 15.0 Å². The molecule has 0 unspecified atom stereocenters. The number of amides is 3. The molecule has 14 heteroatoms. The number of anilines is 3. The average Bonchev–Trinajstić information content (AvgIpc) is 3.85. The molecule has 234 valence electrons. The Hall–Kier alpha value is -5.50. The first-order valence-corrected chi connectivity index (χ1v) is 15.6. The molecule has 0 bridgehead atoms. The Morgan fingerprint density at radius 3 is 2.57 bits per heavy atom. The second-order valence-electron chi connectivity index (χ2n) is 11.2. The van der Waals surface area contributed by atoms with Crippen LogP contribution in [0, 0.1) is 5.92 Å². The molecule has 0 atom stereocenters. The number of rotatable bonds is 9. The Labute approximate surface area is 268 Å². The van der Waals surface area contributed by atoms with Gasteiger partial charge in [0.15, 0.2) is 16.6 Å². The second-order valence-corrected chi connectivity index (χ2v) is 12.2. The van der Waals surface area contributed by atoms with Crippen LogP contribution in [0.3, 0.4) is 0 Å². The van der Waals surface area contributed by atoms with E-state index in [-0.39, 0.29) is 18.7 Å². The first kappa shape index (κ1) is 29.2. The number of hydrogen-bond acceptors (Lipinski definition) is 10. The first-order chi connectivity index (χ1) is 22.4. The molecule has 1 saturated heterocycles. The van der Waals surface area contributed by atoms with Crippen molar-refractivity contribution in [2.75, 3.05) is 28.9 Å². The fourth-order valence-corrected chi connectivity index (χ4v) is 6.09. The van der Waals surface area contributed by atoms with E-state index in [0.717, 1.165) is 39.8 Å². The van der Waals surface area contributed by atoms with Crippen LogP contribution in [0.15, 0.2) is 67.1 Å². The first-order valence-electron chi connectivity index (χ1n) is 14.8.